The van der Waals surface area contributed by atoms with Crippen molar-refractivity contribution in [2.75, 3.05) is 6.54 Å². The molecule has 0 unspecified atom stereocenters. The Morgan fingerprint density at radius 2 is 2.19 bits per heavy atom. The summed E-state index contributed by atoms with van der Waals surface area (Å²) < 4.78 is 1.88. The minimum atomic E-state index is 0.454. The molecule has 0 saturated carbocycles. The molecule has 2 aliphatic rings. The zero-order valence-electron chi connectivity index (χ0n) is 12.7. The third kappa shape index (κ3) is 2.50. The zero-order valence-corrected chi connectivity index (χ0v) is 12.7. The molecule has 21 heavy (non-hydrogen) atoms. The van der Waals surface area contributed by atoms with Gasteiger partial charge in [0, 0.05) is 31.0 Å². The molecule has 0 aromatic carbocycles. The Labute approximate surface area is 125 Å². The van der Waals surface area contributed by atoms with Gasteiger partial charge in [0.15, 0.2) is 0 Å². The fraction of sp³-hybridized carbons (Fsp3) is 0.625. The van der Waals surface area contributed by atoms with E-state index in [1.165, 1.54) is 54.9 Å². The molecule has 2 aromatic rings. The van der Waals surface area contributed by atoms with Crippen LogP contribution in [0.1, 0.15) is 54.5 Å². The highest BCUT2D eigenvalue weighted by atomic mass is 15.3. The summed E-state index contributed by atoms with van der Waals surface area (Å²) in [4.78, 5) is 11.1. The van der Waals surface area contributed by atoms with E-state index in [1.807, 2.05) is 17.9 Å². The molecule has 0 radical (unpaired) electrons. The lowest BCUT2D eigenvalue weighted by Gasteiger charge is -2.22. The molecule has 4 rings (SSSR count). The van der Waals surface area contributed by atoms with Crippen LogP contribution in [0.2, 0.25) is 0 Å². The van der Waals surface area contributed by atoms with Gasteiger partial charge in [0.2, 0.25) is 0 Å². The first kappa shape index (κ1) is 13.1. The van der Waals surface area contributed by atoms with Crippen LogP contribution >= 0.6 is 0 Å². The first-order valence-electron chi connectivity index (χ1n) is 8.09. The molecule has 0 spiro atoms. The number of hydrogen-bond donors (Lipinski definition) is 1. The van der Waals surface area contributed by atoms with Crippen LogP contribution < -0.4 is 0 Å². The van der Waals surface area contributed by atoms with Crippen molar-refractivity contribution in [3.63, 3.8) is 0 Å². The predicted octanol–water partition coefficient (Wildman–Crippen LogP) is 2.36. The summed E-state index contributed by atoms with van der Waals surface area (Å²) in [6.45, 7) is 2.13. The summed E-state index contributed by atoms with van der Waals surface area (Å²) in [7, 11) is 1.98. The van der Waals surface area contributed by atoms with Crippen molar-refractivity contribution in [1.82, 2.24) is 24.6 Å². The fourth-order valence-electron chi connectivity index (χ4n) is 3.75. The normalized spacial score (nSPS) is 22.6. The standard InChI is InChI=1S/C16H23N5/c1-20-10-12(9-17-20)11-21-8-4-7-15(21)16-18-13-5-2-3-6-14(13)19-16/h9-10,15H,2-8,11H2,1H3,(H,18,19)/t15-/m0/s1. The van der Waals surface area contributed by atoms with Gasteiger partial charge < -0.3 is 4.98 Å². The van der Waals surface area contributed by atoms with Crippen LogP contribution in [-0.2, 0) is 26.4 Å². The van der Waals surface area contributed by atoms with Crippen LogP contribution in [0.4, 0.5) is 0 Å². The summed E-state index contributed by atoms with van der Waals surface area (Å²) in [6.07, 6.45) is 11.5. The molecule has 1 saturated heterocycles. The highest BCUT2D eigenvalue weighted by Gasteiger charge is 2.29. The number of nitrogens with zero attached hydrogens (tertiary/aromatic N) is 4. The molecular formula is C16H23N5. The number of imidazole rings is 1. The van der Waals surface area contributed by atoms with E-state index >= 15 is 0 Å². The van der Waals surface area contributed by atoms with Gasteiger partial charge >= 0.3 is 0 Å². The van der Waals surface area contributed by atoms with Crippen molar-refractivity contribution in [3.8, 4) is 0 Å². The summed E-state index contributed by atoms with van der Waals surface area (Å²) in [5.41, 5.74) is 4.01. The van der Waals surface area contributed by atoms with E-state index in [0.717, 1.165) is 19.5 Å². The number of aromatic nitrogens is 4. The molecular weight excluding hydrogens is 262 g/mol. The zero-order chi connectivity index (χ0) is 14.2. The molecule has 2 aromatic heterocycles. The van der Waals surface area contributed by atoms with Gasteiger partial charge in [0.05, 0.1) is 17.9 Å². The third-order valence-corrected chi connectivity index (χ3v) is 4.80. The van der Waals surface area contributed by atoms with Crippen LogP contribution in [0.5, 0.6) is 0 Å². The molecule has 3 heterocycles. The maximum atomic E-state index is 4.91. The van der Waals surface area contributed by atoms with Crippen molar-refractivity contribution in [1.29, 1.82) is 0 Å². The van der Waals surface area contributed by atoms with E-state index in [4.69, 9.17) is 4.98 Å². The van der Waals surface area contributed by atoms with Gasteiger partial charge in [-0.2, -0.15) is 5.10 Å². The van der Waals surface area contributed by atoms with Gasteiger partial charge in [-0.05, 0) is 45.1 Å². The number of fused-ring (bicyclic) bond motifs is 1. The quantitative estimate of drug-likeness (QED) is 0.942. The molecule has 1 aliphatic carbocycles. The van der Waals surface area contributed by atoms with Gasteiger partial charge in [0.1, 0.15) is 5.82 Å². The number of H-pyrrole nitrogens is 1. The molecule has 1 N–H and O–H groups in total. The Morgan fingerprint density at radius 1 is 1.29 bits per heavy atom. The lowest BCUT2D eigenvalue weighted by Crippen LogP contribution is -2.23. The van der Waals surface area contributed by atoms with Crippen LogP contribution in [0, 0.1) is 0 Å². The van der Waals surface area contributed by atoms with E-state index in [-0.39, 0.29) is 0 Å². The highest BCUT2D eigenvalue weighted by Crippen LogP contribution is 2.33. The number of hydrogen-bond acceptors (Lipinski definition) is 3. The Bertz CT molecular complexity index is 603. The van der Waals surface area contributed by atoms with Crippen molar-refractivity contribution in [3.05, 3.63) is 35.2 Å². The first-order valence-corrected chi connectivity index (χ1v) is 8.09. The Morgan fingerprint density at radius 3 is 3.00 bits per heavy atom. The Kier molecular flexibility index (Phi) is 3.30. The van der Waals surface area contributed by atoms with E-state index in [0.29, 0.717) is 6.04 Å². The average molecular weight is 285 g/mol. The Hall–Kier alpha value is -1.62. The van der Waals surface area contributed by atoms with Crippen molar-refractivity contribution in [2.24, 2.45) is 7.05 Å². The van der Waals surface area contributed by atoms with Crippen LogP contribution in [0.15, 0.2) is 12.4 Å². The van der Waals surface area contributed by atoms with E-state index in [2.05, 4.69) is 21.2 Å². The minimum Gasteiger partial charge on any atom is -0.344 e. The maximum Gasteiger partial charge on any atom is 0.124 e. The van der Waals surface area contributed by atoms with E-state index < -0.39 is 0 Å². The maximum absolute atomic E-state index is 4.91. The highest BCUT2D eigenvalue weighted by molar-refractivity contribution is 5.20. The van der Waals surface area contributed by atoms with Gasteiger partial charge in [-0.25, -0.2) is 4.98 Å². The van der Waals surface area contributed by atoms with Crippen LogP contribution in [0.25, 0.3) is 0 Å². The van der Waals surface area contributed by atoms with Crippen LogP contribution in [-0.4, -0.2) is 31.2 Å². The smallest absolute Gasteiger partial charge is 0.124 e. The lowest BCUT2D eigenvalue weighted by atomic mass is 10.0. The second kappa shape index (κ2) is 5.30. The lowest BCUT2D eigenvalue weighted by molar-refractivity contribution is 0.240. The predicted molar refractivity (Wildman–Crippen MR) is 80.8 cm³/mol. The summed E-state index contributed by atoms with van der Waals surface area (Å²) in [6, 6.07) is 0.454. The third-order valence-electron chi connectivity index (χ3n) is 4.80. The number of likely N-dealkylation sites (tertiary alicyclic amines) is 1. The molecule has 1 aliphatic heterocycles. The molecule has 1 fully saturated rings. The largest absolute Gasteiger partial charge is 0.344 e. The number of aryl methyl sites for hydroxylation is 3. The van der Waals surface area contributed by atoms with Gasteiger partial charge in [0.25, 0.3) is 0 Å². The van der Waals surface area contributed by atoms with Crippen molar-refractivity contribution >= 4 is 0 Å². The summed E-state index contributed by atoms with van der Waals surface area (Å²) in [5.74, 6) is 1.20. The van der Waals surface area contributed by atoms with E-state index in [1.54, 1.807) is 0 Å². The van der Waals surface area contributed by atoms with Gasteiger partial charge in [-0.3, -0.25) is 9.58 Å². The second-order valence-electron chi connectivity index (χ2n) is 6.41. The molecule has 5 nitrogen and oxygen atoms in total. The molecule has 0 bridgehead atoms. The molecule has 5 heteroatoms. The summed E-state index contributed by atoms with van der Waals surface area (Å²) >= 11 is 0. The number of aromatic amines is 1. The SMILES string of the molecule is Cn1cc(CN2CCC[C@H]2c2nc3c([nH]2)CCCC3)cn1. The topological polar surface area (TPSA) is 49.7 Å². The van der Waals surface area contributed by atoms with Crippen molar-refractivity contribution in [2.45, 2.75) is 51.1 Å². The van der Waals surface area contributed by atoms with Gasteiger partial charge in [-0.1, -0.05) is 0 Å². The van der Waals surface area contributed by atoms with Gasteiger partial charge in [-0.15, -0.1) is 0 Å². The van der Waals surface area contributed by atoms with Crippen LogP contribution in [0.3, 0.4) is 0 Å². The average Bonchev–Trinajstić information content (AvgIpc) is 3.18. The molecule has 112 valence electrons. The Balaban J connectivity index is 1.54. The monoisotopic (exact) mass is 285 g/mol. The second-order valence-corrected chi connectivity index (χ2v) is 6.41. The van der Waals surface area contributed by atoms with Crippen molar-refractivity contribution < 1.29 is 0 Å². The first-order chi connectivity index (χ1) is 10.3. The summed E-state index contributed by atoms with van der Waals surface area (Å²) in [5, 5.41) is 4.28. The number of nitrogens with one attached hydrogen (secondary N) is 1. The number of rotatable bonds is 3. The minimum absolute atomic E-state index is 0.454. The van der Waals surface area contributed by atoms with E-state index in [9.17, 15) is 0 Å². The molecule has 0 amide bonds. The molecule has 1 atom stereocenters. The fourth-order valence-corrected chi connectivity index (χ4v) is 3.75.